The molecule has 0 bridgehead atoms. The van der Waals surface area contributed by atoms with Crippen molar-refractivity contribution in [2.75, 3.05) is 33.3 Å². The molecule has 0 spiro atoms. The smallest absolute Gasteiger partial charge is 0.260 e. The van der Waals surface area contributed by atoms with Gasteiger partial charge in [0.05, 0.1) is 0 Å². The first kappa shape index (κ1) is 23.6. The van der Waals surface area contributed by atoms with Crippen molar-refractivity contribution in [2.45, 2.75) is 52.0 Å². The summed E-state index contributed by atoms with van der Waals surface area (Å²) in [5.74, 6) is 1.05. The van der Waals surface area contributed by atoms with Gasteiger partial charge in [0.2, 0.25) is 0 Å². The summed E-state index contributed by atoms with van der Waals surface area (Å²) in [5, 5.41) is 0.731. The van der Waals surface area contributed by atoms with Gasteiger partial charge in [-0.3, -0.25) is 9.78 Å². The molecular formula is C25H34ClN3O2. The highest BCUT2D eigenvalue weighted by molar-refractivity contribution is 6.31. The summed E-state index contributed by atoms with van der Waals surface area (Å²) in [6.45, 7) is 9.23. The van der Waals surface area contributed by atoms with Crippen LogP contribution in [0.3, 0.4) is 0 Å². The van der Waals surface area contributed by atoms with Crippen LogP contribution in [0.25, 0.3) is 0 Å². The number of ether oxygens (including phenoxy) is 1. The van der Waals surface area contributed by atoms with Crippen molar-refractivity contribution >= 4 is 17.5 Å². The summed E-state index contributed by atoms with van der Waals surface area (Å²) in [7, 11) is 1.90. The zero-order valence-electron chi connectivity index (χ0n) is 19.1. The summed E-state index contributed by atoms with van der Waals surface area (Å²) in [5.41, 5.74) is 3.12. The molecule has 168 valence electrons. The van der Waals surface area contributed by atoms with Gasteiger partial charge < -0.3 is 14.5 Å². The maximum absolute atomic E-state index is 12.8. The van der Waals surface area contributed by atoms with Crippen LogP contribution in [0.15, 0.2) is 36.5 Å². The maximum Gasteiger partial charge on any atom is 0.260 e. The van der Waals surface area contributed by atoms with Crippen molar-refractivity contribution < 1.29 is 9.53 Å². The number of halogens is 1. The number of aromatic nitrogens is 1. The van der Waals surface area contributed by atoms with E-state index >= 15 is 0 Å². The second kappa shape index (κ2) is 11.0. The van der Waals surface area contributed by atoms with Crippen LogP contribution < -0.4 is 4.74 Å². The SMILES string of the molecule is Cc1cc(OCC(=O)N(C)C2CCN(CCc3ccccn3)CC2)c(C(C)C)cc1Cl. The number of likely N-dealkylation sites (N-methyl/N-ethyl adjacent to an activating group) is 1. The van der Waals surface area contributed by atoms with Gasteiger partial charge in [-0.2, -0.15) is 0 Å². The predicted molar refractivity (Wildman–Crippen MR) is 126 cm³/mol. The predicted octanol–water partition coefficient (Wildman–Crippen LogP) is 4.71. The van der Waals surface area contributed by atoms with Gasteiger partial charge in [0.1, 0.15) is 5.75 Å². The quantitative estimate of drug-likeness (QED) is 0.592. The Morgan fingerprint density at radius 3 is 2.68 bits per heavy atom. The van der Waals surface area contributed by atoms with Gasteiger partial charge in [-0.25, -0.2) is 0 Å². The van der Waals surface area contributed by atoms with Crippen molar-refractivity contribution in [3.05, 3.63) is 58.4 Å². The Kier molecular flexibility index (Phi) is 8.33. The van der Waals surface area contributed by atoms with E-state index in [0.29, 0.717) is 0 Å². The van der Waals surface area contributed by atoms with Crippen LogP contribution in [-0.2, 0) is 11.2 Å². The molecule has 1 aromatic carbocycles. The Labute approximate surface area is 191 Å². The molecule has 1 amide bonds. The number of nitrogens with zero attached hydrogens (tertiary/aromatic N) is 3. The van der Waals surface area contributed by atoms with Gasteiger partial charge >= 0.3 is 0 Å². The minimum Gasteiger partial charge on any atom is -0.483 e. The molecule has 0 radical (unpaired) electrons. The van der Waals surface area contributed by atoms with Gasteiger partial charge in [-0.05, 0) is 61.1 Å². The van der Waals surface area contributed by atoms with Crippen LogP contribution in [0.5, 0.6) is 5.75 Å². The number of pyridine rings is 1. The van der Waals surface area contributed by atoms with Gasteiger partial charge in [0, 0.05) is 56.1 Å². The molecule has 0 saturated carbocycles. The van der Waals surface area contributed by atoms with Gasteiger partial charge in [-0.1, -0.05) is 31.5 Å². The van der Waals surface area contributed by atoms with Crippen LogP contribution in [0.4, 0.5) is 0 Å². The summed E-state index contributed by atoms with van der Waals surface area (Å²) in [6.07, 6.45) is 4.79. The van der Waals surface area contributed by atoms with Crippen LogP contribution in [0, 0.1) is 6.92 Å². The van der Waals surface area contributed by atoms with E-state index < -0.39 is 0 Å². The van der Waals surface area contributed by atoms with E-state index in [-0.39, 0.29) is 24.5 Å². The topological polar surface area (TPSA) is 45.7 Å². The number of carbonyl (C=O) groups is 1. The minimum atomic E-state index is 0.0224. The Morgan fingerprint density at radius 1 is 1.29 bits per heavy atom. The summed E-state index contributed by atoms with van der Waals surface area (Å²) in [6, 6.07) is 10.2. The highest BCUT2D eigenvalue weighted by atomic mass is 35.5. The number of rotatable bonds is 8. The lowest BCUT2D eigenvalue weighted by Crippen LogP contribution is -2.47. The number of benzene rings is 1. The minimum absolute atomic E-state index is 0.0224. The molecule has 1 aliphatic rings. The maximum atomic E-state index is 12.8. The first-order valence-electron chi connectivity index (χ1n) is 11.2. The fourth-order valence-electron chi connectivity index (χ4n) is 4.04. The van der Waals surface area contributed by atoms with Crippen molar-refractivity contribution in [1.29, 1.82) is 0 Å². The number of aryl methyl sites for hydroxylation is 1. The molecule has 1 aromatic heterocycles. The van der Waals surface area contributed by atoms with Crippen molar-refractivity contribution in [2.24, 2.45) is 0 Å². The highest BCUT2D eigenvalue weighted by Crippen LogP contribution is 2.32. The molecule has 0 N–H and O–H groups in total. The third kappa shape index (κ3) is 6.44. The number of hydrogen-bond acceptors (Lipinski definition) is 4. The molecule has 2 heterocycles. The number of hydrogen-bond donors (Lipinski definition) is 0. The van der Waals surface area contributed by atoms with Crippen LogP contribution in [-0.4, -0.2) is 60.0 Å². The van der Waals surface area contributed by atoms with Gasteiger partial charge in [0.25, 0.3) is 5.91 Å². The number of piperidine rings is 1. The zero-order chi connectivity index (χ0) is 22.4. The molecule has 0 unspecified atom stereocenters. The Hall–Kier alpha value is -2.11. The lowest BCUT2D eigenvalue weighted by atomic mass is 10.0. The zero-order valence-corrected chi connectivity index (χ0v) is 19.9. The molecule has 6 heteroatoms. The first-order chi connectivity index (χ1) is 14.8. The lowest BCUT2D eigenvalue weighted by molar-refractivity contribution is -0.135. The van der Waals surface area contributed by atoms with E-state index in [1.54, 1.807) is 0 Å². The van der Waals surface area contributed by atoms with Crippen LogP contribution in [0.1, 0.15) is 49.4 Å². The van der Waals surface area contributed by atoms with Crippen molar-refractivity contribution in [3.8, 4) is 5.75 Å². The van der Waals surface area contributed by atoms with E-state index in [2.05, 4.69) is 29.8 Å². The molecule has 3 rings (SSSR count). The molecular weight excluding hydrogens is 410 g/mol. The third-order valence-electron chi connectivity index (χ3n) is 6.17. The van der Waals surface area contributed by atoms with Crippen molar-refractivity contribution in [3.63, 3.8) is 0 Å². The molecule has 1 aliphatic heterocycles. The van der Waals surface area contributed by atoms with E-state index in [4.69, 9.17) is 16.3 Å². The lowest BCUT2D eigenvalue weighted by Gasteiger charge is -2.36. The molecule has 0 aliphatic carbocycles. The summed E-state index contributed by atoms with van der Waals surface area (Å²) < 4.78 is 5.95. The summed E-state index contributed by atoms with van der Waals surface area (Å²) >= 11 is 6.28. The number of amides is 1. The molecule has 1 fully saturated rings. The monoisotopic (exact) mass is 443 g/mol. The molecule has 1 saturated heterocycles. The fourth-order valence-corrected chi connectivity index (χ4v) is 4.21. The number of carbonyl (C=O) groups excluding carboxylic acids is 1. The van der Waals surface area contributed by atoms with Crippen molar-refractivity contribution in [1.82, 2.24) is 14.8 Å². The van der Waals surface area contributed by atoms with Gasteiger partial charge in [0.15, 0.2) is 6.61 Å². The van der Waals surface area contributed by atoms with E-state index in [1.165, 1.54) is 0 Å². The summed E-state index contributed by atoms with van der Waals surface area (Å²) in [4.78, 5) is 21.5. The normalized spacial score (nSPS) is 15.3. The average Bonchev–Trinajstić information content (AvgIpc) is 2.78. The molecule has 2 aromatic rings. The van der Waals surface area contributed by atoms with E-state index in [1.807, 2.05) is 49.3 Å². The van der Waals surface area contributed by atoms with Crippen LogP contribution >= 0.6 is 11.6 Å². The standard InChI is InChI=1S/C25H34ClN3O2/c1-18(2)22-16-23(26)19(3)15-24(22)31-17-25(30)28(4)21-9-13-29(14-10-21)12-8-20-7-5-6-11-27-20/h5-7,11,15-16,18,21H,8-10,12-14,17H2,1-4H3. The second-order valence-corrected chi connectivity index (χ2v) is 9.14. The van der Waals surface area contributed by atoms with E-state index in [0.717, 1.165) is 66.5 Å². The molecule has 0 atom stereocenters. The number of likely N-dealkylation sites (tertiary alicyclic amines) is 1. The Bertz CT molecular complexity index is 865. The third-order valence-corrected chi connectivity index (χ3v) is 6.58. The Morgan fingerprint density at radius 2 is 2.03 bits per heavy atom. The Balaban J connectivity index is 1.47. The molecule has 5 nitrogen and oxygen atoms in total. The molecule has 31 heavy (non-hydrogen) atoms. The van der Waals surface area contributed by atoms with Crippen LogP contribution in [0.2, 0.25) is 5.02 Å². The van der Waals surface area contributed by atoms with Gasteiger partial charge in [-0.15, -0.1) is 0 Å². The van der Waals surface area contributed by atoms with E-state index in [9.17, 15) is 4.79 Å². The fraction of sp³-hybridized carbons (Fsp3) is 0.520. The first-order valence-corrected chi connectivity index (χ1v) is 11.5. The largest absolute Gasteiger partial charge is 0.483 e. The average molecular weight is 444 g/mol. The second-order valence-electron chi connectivity index (χ2n) is 8.73. The highest BCUT2D eigenvalue weighted by Gasteiger charge is 2.25.